The second-order valence-corrected chi connectivity index (χ2v) is 3.87. The summed E-state index contributed by atoms with van der Waals surface area (Å²) in [4.78, 5) is 0. The molecule has 0 saturated heterocycles. The van der Waals surface area contributed by atoms with Gasteiger partial charge in [-0.1, -0.05) is 24.3 Å². The largest absolute Gasteiger partial charge is 0.326 e. The predicted octanol–water partition coefficient (Wildman–Crippen LogP) is 3.26. The topological polar surface area (TPSA) is 26.0 Å². The first kappa shape index (κ1) is 10.8. The Morgan fingerprint density at radius 1 is 1.12 bits per heavy atom. The van der Waals surface area contributed by atoms with Crippen molar-refractivity contribution in [1.82, 2.24) is 0 Å². The highest BCUT2D eigenvalue weighted by molar-refractivity contribution is 5.67. The SMILES string of the molecule is Cc1ccccc1-c1cc(F)cc(CN)c1. The number of benzene rings is 2. The van der Waals surface area contributed by atoms with Crippen LogP contribution in [0.2, 0.25) is 0 Å². The predicted molar refractivity (Wildman–Crippen MR) is 64.5 cm³/mol. The Morgan fingerprint density at radius 3 is 2.56 bits per heavy atom. The maximum absolute atomic E-state index is 13.4. The average molecular weight is 215 g/mol. The van der Waals surface area contributed by atoms with Crippen molar-refractivity contribution in [1.29, 1.82) is 0 Å². The van der Waals surface area contributed by atoms with Crippen LogP contribution >= 0.6 is 0 Å². The van der Waals surface area contributed by atoms with E-state index in [1.54, 1.807) is 6.07 Å². The van der Waals surface area contributed by atoms with E-state index in [1.165, 1.54) is 6.07 Å². The Balaban J connectivity index is 2.56. The van der Waals surface area contributed by atoms with Crippen molar-refractivity contribution in [3.05, 3.63) is 59.4 Å². The number of rotatable bonds is 2. The van der Waals surface area contributed by atoms with E-state index in [0.717, 1.165) is 22.3 Å². The summed E-state index contributed by atoms with van der Waals surface area (Å²) in [5, 5.41) is 0. The number of aryl methyl sites for hydroxylation is 1. The first-order valence-electron chi connectivity index (χ1n) is 5.26. The Kier molecular flexibility index (Phi) is 3.02. The molecule has 0 aliphatic carbocycles. The normalized spacial score (nSPS) is 10.4. The van der Waals surface area contributed by atoms with Gasteiger partial charge in [0.15, 0.2) is 0 Å². The van der Waals surface area contributed by atoms with Gasteiger partial charge in [-0.15, -0.1) is 0 Å². The molecule has 2 aromatic carbocycles. The molecule has 0 saturated carbocycles. The number of halogens is 1. The van der Waals surface area contributed by atoms with E-state index in [2.05, 4.69) is 0 Å². The molecule has 0 bridgehead atoms. The minimum Gasteiger partial charge on any atom is -0.326 e. The molecule has 82 valence electrons. The molecule has 0 aromatic heterocycles. The Labute approximate surface area is 94.7 Å². The fourth-order valence-electron chi connectivity index (χ4n) is 1.82. The van der Waals surface area contributed by atoms with Gasteiger partial charge in [-0.3, -0.25) is 0 Å². The molecule has 2 aromatic rings. The Bertz CT molecular complexity index is 506. The zero-order chi connectivity index (χ0) is 11.5. The highest BCUT2D eigenvalue weighted by Gasteiger charge is 2.04. The van der Waals surface area contributed by atoms with Crippen molar-refractivity contribution in [2.24, 2.45) is 5.73 Å². The third-order valence-electron chi connectivity index (χ3n) is 2.65. The van der Waals surface area contributed by atoms with E-state index in [0.29, 0.717) is 6.54 Å². The van der Waals surface area contributed by atoms with Crippen molar-refractivity contribution in [3.8, 4) is 11.1 Å². The lowest BCUT2D eigenvalue weighted by atomic mass is 9.99. The second-order valence-electron chi connectivity index (χ2n) is 3.87. The van der Waals surface area contributed by atoms with Gasteiger partial charge in [0.2, 0.25) is 0 Å². The highest BCUT2D eigenvalue weighted by atomic mass is 19.1. The zero-order valence-corrected chi connectivity index (χ0v) is 9.20. The highest BCUT2D eigenvalue weighted by Crippen LogP contribution is 2.24. The van der Waals surface area contributed by atoms with Gasteiger partial charge in [-0.25, -0.2) is 4.39 Å². The maximum Gasteiger partial charge on any atom is 0.124 e. The molecule has 0 aliphatic heterocycles. The maximum atomic E-state index is 13.4. The molecule has 2 rings (SSSR count). The summed E-state index contributed by atoms with van der Waals surface area (Å²) in [7, 11) is 0. The van der Waals surface area contributed by atoms with Gasteiger partial charge in [0.25, 0.3) is 0 Å². The second kappa shape index (κ2) is 4.45. The van der Waals surface area contributed by atoms with Gasteiger partial charge in [0.1, 0.15) is 5.82 Å². The van der Waals surface area contributed by atoms with Gasteiger partial charge in [-0.2, -0.15) is 0 Å². The number of nitrogens with two attached hydrogens (primary N) is 1. The van der Waals surface area contributed by atoms with E-state index in [9.17, 15) is 4.39 Å². The van der Waals surface area contributed by atoms with E-state index < -0.39 is 0 Å². The summed E-state index contributed by atoms with van der Waals surface area (Å²) in [6.07, 6.45) is 0. The lowest BCUT2D eigenvalue weighted by molar-refractivity contribution is 0.626. The van der Waals surface area contributed by atoms with Crippen molar-refractivity contribution in [2.75, 3.05) is 0 Å². The third kappa shape index (κ3) is 2.12. The van der Waals surface area contributed by atoms with Crippen LogP contribution in [0.4, 0.5) is 4.39 Å². The van der Waals surface area contributed by atoms with Crippen molar-refractivity contribution in [3.63, 3.8) is 0 Å². The van der Waals surface area contributed by atoms with Crippen LogP contribution in [0.5, 0.6) is 0 Å². The van der Waals surface area contributed by atoms with Crippen LogP contribution in [0.1, 0.15) is 11.1 Å². The summed E-state index contributed by atoms with van der Waals surface area (Å²) in [6.45, 7) is 2.37. The quantitative estimate of drug-likeness (QED) is 0.817. The Hall–Kier alpha value is -1.67. The summed E-state index contributed by atoms with van der Waals surface area (Å²) in [6, 6.07) is 12.9. The molecule has 0 spiro atoms. The first-order valence-corrected chi connectivity index (χ1v) is 5.26. The number of hydrogen-bond acceptors (Lipinski definition) is 1. The molecular formula is C14H14FN. The Morgan fingerprint density at radius 2 is 1.88 bits per heavy atom. The molecule has 16 heavy (non-hydrogen) atoms. The van der Waals surface area contributed by atoms with Crippen LogP contribution in [-0.2, 0) is 6.54 Å². The van der Waals surface area contributed by atoms with E-state index >= 15 is 0 Å². The molecular weight excluding hydrogens is 201 g/mol. The molecule has 0 radical (unpaired) electrons. The van der Waals surface area contributed by atoms with E-state index in [1.807, 2.05) is 37.3 Å². The van der Waals surface area contributed by atoms with E-state index in [-0.39, 0.29) is 5.82 Å². The van der Waals surface area contributed by atoms with E-state index in [4.69, 9.17) is 5.73 Å². The molecule has 0 aliphatic rings. The van der Waals surface area contributed by atoms with Crippen LogP contribution in [0.3, 0.4) is 0 Å². The molecule has 0 atom stereocenters. The van der Waals surface area contributed by atoms with Crippen LogP contribution in [0.25, 0.3) is 11.1 Å². The summed E-state index contributed by atoms with van der Waals surface area (Å²) in [5.41, 5.74) is 9.43. The van der Waals surface area contributed by atoms with Gasteiger partial charge in [-0.05, 0) is 47.4 Å². The molecule has 2 heteroatoms. The molecule has 0 heterocycles. The summed E-state index contributed by atoms with van der Waals surface area (Å²) in [5.74, 6) is -0.235. The van der Waals surface area contributed by atoms with Gasteiger partial charge in [0, 0.05) is 6.54 Å². The lowest BCUT2D eigenvalue weighted by Crippen LogP contribution is -1.97. The lowest BCUT2D eigenvalue weighted by Gasteiger charge is -2.07. The summed E-state index contributed by atoms with van der Waals surface area (Å²) < 4.78 is 13.4. The molecule has 0 amide bonds. The molecule has 1 nitrogen and oxygen atoms in total. The van der Waals surface area contributed by atoms with Gasteiger partial charge >= 0.3 is 0 Å². The van der Waals surface area contributed by atoms with Crippen molar-refractivity contribution < 1.29 is 4.39 Å². The van der Waals surface area contributed by atoms with Crippen molar-refractivity contribution in [2.45, 2.75) is 13.5 Å². The average Bonchev–Trinajstić information content (AvgIpc) is 2.28. The number of hydrogen-bond donors (Lipinski definition) is 1. The van der Waals surface area contributed by atoms with Crippen LogP contribution < -0.4 is 5.73 Å². The third-order valence-corrected chi connectivity index (χ3v) is 2.65. The zero-order valence-electron chi connectivity index (χ0n) is 9.20. The monoisotopic (exact) mass is 215 g/mol. The van der Waals surface area contributed by atoms with Gasteiger partial charge < -0.3 is 5.73 Å². The fourth-order valence-corrected chi connectivity index (χ4v) is 1.82. The molecule has 0 fully saturated rings. The fraction of sp³-hybridized carbons (Fsp3) is 0.143. The smallest absolute Gasteiger partial charge is 0.124 e. The minimum atomic E-state index is -0.235. The van der Waals surface area contributed by atoms with Crippen molar-refractivity contribution >= 4 is 0 Å². The van der Waals surface area contributed by atoms with Gasteiger partial charge in [0.05, 0.1) is 0 Å². The van der Waals surface area contributed by atoms with Crippen LogP contribution in [-0.4, -0.2) is 0 Å². The summed E-state index contributed by atoms with van der Waals surface area (Å²) >= 11 is 0. The van der Waals surface area contributed by atoms with Crippen LogP contribution in [0.15, 0.2) is 42.5 Å². The standard InChI is InChI=1S/C14H14FN/c1-10-4-2-3-5-14(10)12-6-11(9-16)7-13(15)8-12/h2-8H,9,16H2,1H3. The van der Waals surface area contributed by atoms with Crippen LogP contribution in [0, 0.1) is 12.7 Å². The molecule has 0 unspecified atom stereocenters. The minimum absolute atomic E-state index is 0.235. The first-order chi connectivity index (χ1) is 7.70. The molecule has 2 N–H and O–H groups in total.